The van der Waals surface area contributed by atoms with Crippen molar-refractivity contribution < 1.29 is 19.1 Å². The van der Waals surface area contributed by atoms with E-state index in [4.69, 9.17) is 0 Å². The maximum absolute atomic E-state index is 11.6. The number of nitrogens with one attached hydrogen (secondary N) is 1. The minimum atomic E-state index is -0.660. The highest BCUT2D eigenvalue weighted by Gasteiger charge is 2.29. The van der Waals surface area contributed by atoms with Crippen molar-refractivity contribution in [1.82, 2.24) is 0 Å². The van der Waals surface area contributed by atoms with Crippen LogP contribution in [-0.2, 0) is 14.3 Å². The Morgan fingerprint density at radius 2 is 2.17 bits per heavy atom. The lowest BCUT2D eigenvalue weighted by atomic mass is 10.0. The van der Waals surface area contributed by atoms with Crippen LogP contribution in [0.15, 0.2) is 18.2 Å². The average Bonchev–Trinajstić information content (AvgIpc) is 2.66. The Balaban J connectivity index is 2.32. The predicted molar refractivity (Wildman–Crippen MR) is 62.9 cm³/mol. The van der Waals surface area contributed by atoms with E-state index >= 15 is 0 Å². The van der Waals surface area contributed by atoms with E-state index in [1.807, 2.05) is 0 Å². The van der Waals surface area contributed by atoms with E-state index in [2.05, 4.69) is 21.9 Å². The number of methoxy groups -OCH3 is 1. The first-order valence-corrected chi connectivity index (χ1v) is 5.18. The lowest BCUT2D eigenvalue weighted by molar-refractivity contribution is -0.139. The lowest BCUT2D eigenvalue weighted by Gasteiger charge is -1.98. The van der Waals surface area contributed by atoms with Gasteiger partial charge in [0.25, 0.3) is 11.7 Å². The predicted octanol–water partition coefficient (Wildman–Crippen LogP) is 0.736. The van der Waals surface area contributed by atoms with Crippen molar-refractivity contribution in [3.8, 4) is 11.8 Å². The van der Waals surface area contributed by atoms with Gasteiger partial charge in [-0.25, -0.2) is 0 Å². The van der Waals surface area contributed by atoms with Crippen LogP contribution in [0.1, 0.15) is 22.3 Å². The van der Waals surface area contributed by atoms with Gasteiger partial charge in [-0.1, -0.05) is 17.9 Å². The van der Waals surface area contributed by atoms with Crippen LogP contribution in [0, 0.1) is 11.8 Å². The molecule has 0 aliphatic carbocycles. The summed E-state index contributed by atoms with van der Waals surface area (Å²) in [4.78, 5) is 33.7. The number of esters is 1. The Morgan fingerprint density at radius 3 is 2.89 bits per heavy atom. The summed E-state index contributed by atoms with van der Waals surface area (Å²) in [5, 5.41) is 2.45. The van der Waals surface area contributed by atoms with Gasteiger partial charge < -0.3 is 10.1 Å². The zero-order chi connectivity index (χ0) is 13.1. The second-order valence-electron chi connectivity index (χ2n) is 3.57. The minimum Gasteiger partial charge on any atom is -0.468 e. The summed E-state index contributed by atoms with van der Waals surface area (Å²) < 4.78 is 4.44. The van der Waals surface area contributed by atoms with Crippen LogP contribution in [0.5, 0.6) is 0 Å². The summed E-state index contributed by atoms with van der Waals surface area (Å²) in [7, 11) is 1.27. The van der Waals surface area contributed by atoms with Crippen LogP contribution >= 0.6 is 0 Å². The van der Waals surface area contributed by atoms with Gasteiger partial charge in [0.2, 0.25) is 0 Å². The molecule has 1 aliphatic heterocycles. The molecule has 0 fully saturated rings. The van der Waals surface area contributed by atoms with E-state index in [-0.39, 0.29) is 12.0 Å². The van der Waals surface area contributed by atoms with E-state index in [9.17, 15) is 14.4 Å². The highest BCUT2D eigenvalue weighted by molar-refractivity contribution is 6.52. The van der Waals surface area contributed by atoms with Gasteiger partial charge in [0.15, 0.2) is 0 Å². The number of Topliss-reactive ketones (excluding diaryl/α,β-unsaturated/α-hetero) is 1. The molecule has 1 amide bonds. The van der Waals surface area contributed by atoms with Crippen molar-refractivity contribution in [3.05, 3.63) is 29.3 Å². The highest BCUT2D eigenvalue weighted by atomic mass is 16.5. The summed E-state index contributed by atoms with van der Waals surface area (Å²) in [6, 6.07) is 4.94. The number of anilines is 1. The summed E-state index contributed by atoms with van der Waals surface area (Å²) in [6.45, 7) is 0. The summed E-state index contributed by atoms with van der Waals surface area (Å²) >= 11 is 0. The van der Waals surface area contributed by atoms with Crippen LogP contribution in [0.4, 0.5) is 5.69 Å². The van der Waals surface area contributed by atoms with E-state index in [0.29, 0.717) is 11.3 Å². The third-order valence-corrected chi connectivity index (χ3v) is 2.43. The van der Waals surface area contributed by atoms with Crippen molar-refractivity contribution in [1.29, 1.82) is 0 Å². The second-order valence-corrected chi connectivity index (χ2v) is 3.57. The molecule has 1 heterocycles. The Morgan fingerprint density at radius 1 is 1.39 bits per heavy atom. The van der Waals surface area contributed by atoms with Crippen LogP contribution in [-0.4, -0.2) is 24.8 Å². The summed E-state index contributed by atoms with van der Waals surface area (Å²) in [5.74, 6) is 3.59. The zero-order valence-electron chi connectivity index (χ0n) is 9.57. The molecule has 0 atom stereocenters. The van der Waals surface area contributed by atoms with Gasteiger partial charge in [-0.2, -0.15) is 0 Å². The molecule has 2 rings (SSSR count). The fourth-order valence-corrected chi connectivity index (χ4v) is 1.58. The van der Waals surface area contributed by atoms with E-state index < -0.39 is 17.7 Å². The first-order valence-electron chi connectivity index (χ1n) is 5.18. The molecule has 5 nitrogen and oxygen atoms in total. The molecule has 0 aromatic heterocycles. The molecule has 1 N–H and O–H groups in total. The fraction of sp³-hybridized carbons (Fsp3) is 0.154. The van der Waals surface area contributed by atoms with Crippen molar-refractivity contribution in [3.63, 3.8) is 0 Å². The van der Waals surface area contributed by atoms with Crippen molar-refractivity contribution in [2.45, 2.75) is 6.42 Å². The summed E-state index contributed by atoms with van der Waals surface area (Å²) in [6.07, 6.45) is -0.0598. The Labute approximate surface area is 103 Å². The molecule has 90 valence electrons. The van der Waals surface area contributed by atoms with E-state index in [0.717, 1.165) is 0 Å². The zero-order valence-corrected chi connectivity index (χ0v) is 9.57. The number of carbonyl (C=O) groups is 3. The topological polar surface area (TPSA) is 72.5 Å². The molecule has 1 aliphatic rings. The number of hydrogen-bond donors (Lipinski definition) is 1. The van der Waals surface area contributed by atoms with Crippen molar-refractivity contribution >= 4 is 23.3 Å². The van der Waals surface area contributed by atoms with Gasteiger partial charge in [-0.3, -0.25) is 14.4 Å². The SMILES string of the molecule is COC(=O)CC#Cc1cccc2c1C(=O)C(=O)N2. The number of ether oxygens (including phenoxy) is 1. The molecule has 0 unspecified atom stereocenters. The standard InChI is InChI=1S/C13H9NO4/c1-18-10(15)7-3-5-8-4-2-6-9-11(8)12(16)13(17)14-9/h2,4,6H,7H2,1H3,(H,14,16,17). The number of fused-ring (bicyclic) bond motifs is 1. The summed E-state index contributed by atoms with van der Waals surface area (Å²) in [5.41, 5.74) is 1.15. The molecule has 0 saturated carbocycles. The largest absolute Gasteiger partial charge is 0.468 e. The molecule has 1 aromatic carbocycles. The monoisotopic (exact) mass is 243 g/mol. The van der Waals surface area contributed by atoms with Crippen molar-refractivity contribution in [2.24, 2.45) is 0 Å². The smallest absolute Gasteiger partial charge is 0.317 e. The minimum absolute atomic E-state index is 0.0598. The molecule has 5 heteroatoms. The maximum atomic E-state index is 11.6. The normalized spacial score (nSPS) is 12.3. The van der Waals surface area contributed by atoms with Crippen LogP contribution in [0.3, 0.4) is 0 Å². The number of hydrogen-bond acceptors (Lipinski definition) is 4. The molecule has 0 spiro atoms. The van der Waals surface area contributed by atoms with Gasteiger partial charge in [-0.05, 0) is 12.1 Å². The third-order valence-electron chi connectivity index (χ3n) is 2.43. The Hall–Kier alpha value is -2.61. The molecular weight excluding hydrogens is 234 g/mol. The maximum Gasteiger partial charge on any atom is 0.317 e. The van der Waals surface area contributed by atoms with Crippen LogP contribution in [0.2, 0.25) is 0 Å². The molecule has 1 aromatic rings. The molecule has 0 bridgehead atoms. The van der Waals surface area contributed by atoms with Gasteiger partial charge >= 0.3 is 5.97 Å². The fourth-order valence-electron chi connectivity index (χ4n) is 1.58. The first-order chi connectivity index (χ1) is 8.63. The van der Waals surface area contributed by atoms with Gasteiger partial charge in [0, 0.05) is 5.56 Å². The Kier molecular flexibility index (Phi) is 3.11. The molecule has 18 heavy (non-hydrogen) atoms. The average molecular weight is 243 g/mol. The van der Waals surface area contributed by atoms with Gasteiger partial charge in [0.1, 0.15) is 6.42 Å². The molecule has 0 radical (unpaired) electrons. The number of carbonyl (C=O) groups excluding carboxylic acids is 3. The number of amides is 1. The second kappa shape index (κ2) is 4.72. The van der Waals surface area contributed by atoms with Crippen LogP contribution in [0.25, 0.3) is 0 Å². The quantitative estimate of drug-likeness (QED) is 0.448. The number of rotatable bonds is 1. The van der Waals surface area contributed by atoms with E-state index in [1.54, 1.807) is 18.2 Å². The third kappa shape index (κ3) is 2.09. The molecular formula is C13H9NO4. The van der Waals surface area contributed by atoms with E-state index in [1.165, 1.54) is 7.11 Å². The number of benzene rings is 1. The van der Waals surface area contributed by atoms with Crippen molar-refractivity contribution in [2.75, 3.05) is 12.4 Å². The van der Waals surface area contributed by atoms with Gasteiger partial charge in [-0.15, -0.1) is 0 Å². The Bertz CT molecular complexity index is 607. The molecule has 0 saturated heterocycles. The highest BCUT2D eigenvalue weighted by Crippen LogP contribution is 2.25. The van der Waals surface area contributed by atoms with Gasteiger partial charge in [0.05, 0.1) is 18.4 Å². The number of ketones is 1. The van der Waals surface area contributed by atoms with Crippen LogP contribution < -0.4 is 5.32 Å². The lowest BCUT2D eigenvalue weighted by Crippen LogP contribution is -2.12. The first kappa shape index (κ1) is 11.9.